The van der Waals surface area contributed by atoms with E-state index in [9.17, 15) is 32.9 Å². The molecule has 186 valence electrons. The predicted octanol–water partition coefficient (Wildman–Crippen LogP) is 0.482. The van der Waals surface area contributed by atoms with Crippen molar-refractivity contribution < 1.29 is 36.6 Å². The Labute approximate surface area is 208 Å². The fourth-order valence-corrected chi connectivity index (χ4v) is 5.46. The molecule has 1 aromatic rings. The van der Waals surface area contributed by atoms with Gasteiger partial charge in [0.2, 0.25) is 5.91 Å². The maximum atomic E-state index is 12.9. The average Bonchev–Trinajstić information content (AvgIpc) is 2.80. The molecular formula is C19H18N4O9S3. The van der Waals surface area contributed by atoms with Crippen LogP contribution in [0.5, 0.6) is 0 Å². The second-order valence-electron chi connectivity index (χ2n) is 7.16. The summed E-state index contributed by atoms with van der Waals surface area (Å²) in [6.07, 6.45) is 0.788. The maximum Gasteiger partial charge on any atom is 0.359 e. The Morgan fingerprint density at radius 2 is 2.06 bits per heavy atom. The number of nitro groups is 1. The van der Waals surface area contributed by atoms with Gasteiger partial charge >= 0.3 is 16.1 Å². The number of non-ortho nitro benzene ring substituents is 1. The number of ether oxygens (including phenoxy) is 1. The smallest absolute Gasteiger partial charge is 0.359 e. The number of benzene rings is 1. The van der Waals surface area contributed by atoms with Gasteiger partial charge in [-0.1, -0.05) is 0 Å². The third-order valence-corrected chi connectivity index (χ3v) is 7.17. The summed E-state index contributed by atoms with van der Waals surface area (Å²) in [5.41, 5.74) is -0.119. The third kappa shape index (κ3) is 6.44. The summed E-state index contributed by atoms with van der Waals surface area (Å²) in [6.45, 7) is -0.303. The zero-order valence-corrected chi connectivity index (χ0v) is 20.5. The first-order chi connectivity index (χ1) is 16.5. The quantitative estimate of drug-likeness (QED) is 0.108. The van der Waals surface area contributed by atoms with Gasteiger partial charge in [0.25, 0.3) is 11.6 Å². The van der Waals surface area contributed by atoms with Crippen molar-refractivity contribution in [3.63, 3.8) is 0 Å². The molecule has 0 bridgehead atoms. The molecule has 1 aromatic carbocycles. The fraction of sp³-hybridized carbons (Fsp3) is 0.368. The Bertz CT molecular complexity index is 1220. The van der Waals surface area contributed by atoms with Gasteiger partial charge in [0.05, 0.1) is 34.5 Å². The molecule has 0 radical (unpaired) electrons. The molecule has 2 amide bonds. The van der Waals surface area contributed by atoms with Crippen LogP contribution in [-0.2, 0) is 40.0 Å². The lowest BCUT2D eigenvalue weighted by Crippen LogP contribution is -2.70. The molecule has 1 N–H and O–H groups in total. The van der Waals surface area contributed by atoms with Gasteiger partial charge in [0.1, 0.15) is 18.0 Å². The number of thioether (sulfide) groups is 2. The number of rotatable bonds is 10. The number of nitro benzene ring substituents is 1. The first-order valence-electron chi connectivity index (χ1n) is 9.73. The minimum absolute atomic E-state index is 0.0306. The largest absolute Gasteiger partial charge is 0.456 e. The van der Waals surface area contributed by atoms with E-state index in [1.165, 1.54) is 24.3 Å². The molecule has 1 saturated heterocycles. The molecule has 0 aliphatic carbocycles. The van der Waals surface area contributed by atoms with Gasteiger partial charge in [-0.05, 0) is 17.7 Å². The van der Waals surface area contributed by atoms with E-state index < -0.39 is 49.9 Å². The van der Waals surface area contributed by atoms with Gasteiger partial charge in [0, 0.05) is 12.1 Å². The van der Waals surface area contributed by atoms with Crippen LogP contribution in [0.25, 0.3) is 0 Å². The predicted molar refractivity (Wildman–Crippen MR) is 124 cm³/mol. The summed E-state index contributed by atoms with van der Waals surface area (Å²) >= 11 is 2.17. The topological polar surface area (TPSA) is 186 Å². The van der Waals surface area contributed by atoms with Crippen LogP contribution in [0.2, 0.25) is 0 Å². The second kappa shape index (κ2) is 11.0. The Morgan fingerprint density at radius 3 is 2.66 bits per heavy atom. The van der Waals surface area contributed by atoms with Crippen LogP contribution in [0, 0.1) is 21.4 Å². The van der Waals surface area contributed by atoms with E-state index in [2.05, 4.69) is 5.32 Å². The number of β-lactam (4-membered cyclic amide) rings is 1. The normalized spacial score (nSPS) is 19.2. The number of hydrogen-bond acceptors (Lipinski definition) is 12. The van der Waals surface area contributed by atoms with Crippen LogP contribution in [0.15, 0.2) is 35.7 Å². The van der Waals surface area contributed by atoms with E-state index in [0.717, 1.165) is 34.7 Å². The van der Waals surface area contributed by atoms with E-state index >= 15 is 0 Å². The number of carbonyl (C=O) groups is 3. The highest BCUT2D eigenvalue weighted by Crippen LogP contribution is 2.41. The molecule has 2 heterocycles. The Hall–Kier alpha value is -3.29. The minimum atomic E-state index is -4.03. The van der Waals surface area contributed by atoms with E-state index in [0.29, 0.717) is 5.56 Å². The van der Waals surface area contributed by atoms with E-state index in [4.69, 9.17) is 14.2 Å². The van der Waals surface area contributed by atoms with Gasteiger partial charge in [-0.2, -0.15) is 13.7 Å². The van der Waals surface area contributed by atoms with Crippen molar-refractivity contribution in [2.75, 3.05) is 23.5 Å². The zero-order chi connectivity index (χ0) is 25.8. The highest BCUT2D eigenvalue weighted by molar-refractivity contribution is 8.00. The Morgan fingerprint density at radius 1 is 1.37 bits per heavy atom. The second-order valence-corrected chi connectivity index (χ2v) is 10.8. The monoisotopic (exact) mass is 542 g/mol. The van der Waals surface area contributed by atoms with Crippen molar-refractivity contribution in [3.8, 4) is 6.07 Å². The van der Waals surface area contributed by atoms with Crippen LogP contribution in [-0.4, -0.2) is 71.0 Å². The zero-order valence-electron chi connectivity index (χ0n) is 18.0. The number of carbonyl (C=O) groups excluding carboxylic acids is 3. The van der Waals surface area contributed by atoms with Crippen molar-refractivity contribution in [1.82, 2.24) is 10.2 Å². The molecule has 0 saturated carbocycles. The fourth-order valence-electron chi connectivity index (χ4n) is 3.16. The van der Waals surface area contributed by atoms with Crippen molar-refractivity contribution in [2.24, 2.45) is 0 Å². The molecule has 0 aromatic heterocycles. The van der Waals surface area contributed by atoms with Crippen molar-refractivity contribution in [1.29, 1.82) is 5.26 Å². The van der Waals surface area contributed by atoms with Crippen LogP contribution in [0.1, 0.15) is 5.56 Å². The molecule has 13 nitrogen and oxygen atoms in total. The SMILES string of the molecule is CS(=O)(=O)OC1=C(C(=O)OCc2ccc([N+](=O)[O-])cc2)N2C(=O)C(NC(=O)CSCC#N)[C@H]2SC1. The molecule has 2 atom stereocenters. The lowest BCUT2D eigenvalue weighted by Gasteiger charge is -2.49. The van der Waals surface area contributed by atoms with Crippen LogP contribution in [0.3, 0.4) is 0 Å². The summed E-state index contributed by atoms with van der Waals surface area (Å²) < 4.78 is 33.6. The van der Waals surface area contributed by atoms with Crippen LogP contribution < -0.4 is 5.32 Å². The number of nitrogens with zero attached hydrogens (tertiary/aromatic N) is 3. The van der Waals surface area contributed by atoms with Gasteiger partial charge in [-0.15, -0.1) is 23.5 Å². The lowest BCUT2D eigenvalue weighted by atomic mass is 10.0. The number of nitrogens with one attached hydrogen (secondary N) is 1. The van der Waals surface area contributed by atoms with Crippen molar-refractivity contribution in [2.45, 2.75) is 18.0 Å². The number of fused-ring (bicyclic) bond motifs is 1. The van der Waals surface area contributed by atoms with Crippen LogP contribution in [0.4, 0.5) is 5.69 Å². The molecule has 1 unspecified atom stereocenters. The summed E-state index contributed by atoms with van der Waals surface area (Å²) in [6, 6.07) is 6.17. The Kier molecular flexibility index (Phi) is 8.25. The molecule has 2 aliphatic heterocycles. The molecule has 2 aliphatic rings. The van der Waals surface area contributed by atoms with Crippen LogP contribution >= 0.6 is 23.5 Å². The van der Waals surface area contributed by atoms with Crippen molar-refractivity contribution >= 4 is 57.1 Å². The molecule has 0 spiro atoms. The van der Waals surface area contributed by atoms with Gasteiger partial charge in [-0.3, -0.25) is 24.6 Å². The van der Waals surface area contributed by atoms with Gasteiger partial charge in [0.15, 0.2) is 11.5 Å². The van der Waals surface area contributed by atoms with E-state index in [1.807, 2.05) is 6.07 Å². The summed E-state index contributed by atoms with van der Waals surface area (Å²) in [5.74, 6) is -2.45. The lowest BCUT2D eigenvalue weighted by molar-refractivity contribution is -0.384. The van der Waals surface area contributed by atoms with E-state index in [1.54, 1.807) is 0 Å². The maximum absolute atomic E-state index is 12.9. The average molecular weight is 543 g/mol. The molecule has 16 heteroatoms. The van der Waals surface area contributed by atoms with Gasteiger partial charge in [-0.25, -0.2) is 4.79 Å². The highest BCUT2D eigenvalue weighted by atomic mass is 32.2. The first kappa shape index (κ1) is 26.3. The standard InChI is InChI=1S/C19H18N4O9S3/c1-35(29,30)32-13-9-34-18-15(21-14(24)10-33-7-6-20)17(25)22(18)16(13)19(26)31-8-11-2-4-12(5-3-11)23(27)28/h2-5,15,18H,7-10H2,1H3,(H,21,24)/t15?,18-/m1/s1. The molecule has 3 rings (SSSR count). The van der Waals surface area contributed by atoms with Gasteiger partial charge < -0.3 is 14.2 Å². The molecule has 1 fully saturated rings. The summed E-state index contributed by atoms with van der Waals surface area (Å²) in [7, 11) is -4.03. The first-order valence-corrected chi connectivity index (χ1v) is 13.8. The number of nitriles is 1. The third-order valence-electron chi connectivity index (χ3n) is 4.61. The molecular weight excluding hydrogens is 524 g/mol. The number of amides is 2. The highest BCUT2D eigenvalue weighted by Gasteiger charge is 2.55. The number of esters is 1. The summed E-state index contributed by atoms with van der Waals surface area (Å²) in [5, 5.41) is 21.2. The summed E-state index contributed by atoms with van der Waals surface area (Å²) in [4.78, 5) is 49.0. The number of hydrogen-bond donors (Lipinski definition) is 1. The Balaban J connectivity index is 1.75. The van der Waals surface area contributed by atoms with E-state index in [-0.39, 0.29) is 35.3 Å². The van der Waals surface area contributed by atoms with Crippen molar-refractivity contribution in [3.05, 3.63) is 51.4 Å². The minimum Gasteiger partial charge on any atom is -0.456 e. The molecule has 35 heavy (non-hydrogen) atoms.